The monoisotopic (exact) mass is 146 g/mol. The molecular formula is C6H10O2S. The Kier molecular flexibility index (Phi) is 0.958. The van der Waals surface area contributed by atoms with Crippen molar-refractivity contribution in [2.45, 2.75) is 36.2 Å². The topological polar surface area (TPSA) is 34.1 Å². The van der Waals surface area contributed by atoms with Gasteiger partial charge in [0.2, 0.25) is 0 Å². The Hall–Kier alpha value is -0.0500. The van der Waals surface area contributed by atoms with Crippen molar-refractivity contribution in [2.75, 3.05) is 0 Å². The van der Waals surface area contributed by atoms with Crippen molar-refractivity contribution in [3.8, 4) is 0 Å². The maximum Gasteiger partial charge on any atom is 0.156 e. The molecule has 3 heteroatoms. The summed E-state index contributed by atoms with van der Waals surface area (Å²) < 4.78 is 22.1. The molecule has 0 amide bonds. The van der Waals surface area contributed by atoms with Crippen LogP contribution in [0.15, 0.2) is 0 Å². The summed E-state index contributed by atoms with van der Waals surface area (Å²) in [7, 11) is -2.56. The Balaban J connectivity index is 2.33. The van der Waals surface area contributed by atoms with E-state index in [1.54, 1.807) is 0 Å². The summed E-state index contributed by atoms with van der Waals surface area (Å²) in [6.45, 7) is 0. The standard InChI is InChI=1S/C6H10O2S/c7-9(8)5-2-1-3-6(9)4-5/h5-6H,1-4H2. The van der Waals surface area contributed by atoms with Crippen LogP contribution in [0.25, 0.3) is 0 Å². The molecule has 0 N–H and O–H groups in total. The third-order valence-corrected chi connectivity index (χ3v) is 5.22. The predicted molar refractivity (Wildman–Crippen MR) is 35.0 cm³/mol. The molecule has 3 aliphatic rings. The molecular weight excluding hydrogens is 136 g/mol. The van der Waals surface area contributed by atoms with Gasteiger partial charge in [-0.25, -0.2) is 8.42 Å². The van der Waals surface area contributed by atoms with Gasteiger partial charge in [-0.15, -0.1) is 0 Å². The van der Waals surface area contributed by atoms with E-state index in [0.717, 1.165) is 25.7 Å². The molecule has 0 aromatic carbocycles. The molecule has 2 bridgehead atoms. The highest BCUT2D eigenvalue weighted by Crippen LogP contribution is 2.40. The molecule has 2 aliphatic heterocycles. The van der Waals surface area contributed by atoms with E-state index in [1.807, 2.05) is 0 Å². The number of rotatable bonds is 0. The fourth-order valence-corrected chi connectivity index (χ4v) is 4.03. The van der Waals surface area contributed by atoms with Crippen LogP contribution in [0.2, 0.25) is 0 Å². The van der Waals surface area contributed by atoms with Gasteiger partial charge in [-0.3, -0.25) is 0 Å². The average molecular weight is 146 g/mol. The van der Waals surface area contributed by atoms with Gasteiger partial charge in [-0.2, -0.15) is 0 Å². The highest BCUT2D eigenvalue weighted by atomic mass is 32.2. The molecule has 2 atom stereocenters. The first-order valence-electron chi connectivity index (χ1n) is 3.44. The lowest BCUT2D eigenvalue weighted by Crippen LogP contribution is -2.49. The normalized spacial score (nSPS) is 45.8. The molecule has 2 saturated heterocycles. The number of fused-ring (bicyclic) bond motifs is 2. The van der Waals surface area contributed by atoms with Gasteiger partial charge in [0.1, 0.15) is 0 Å². The van der Waals surface area contributed by atoms with E-state index in [-0.39, 0.29) is 10.5 Å². The minimum atomic E-state index is -2.56. The van der Waals surface area contributed by atoms with Crippen molar-refractivity contribution in [2.24, 2.45) is 0 Å². The Bertz CT molecular complexity index is 197. The molecule has 52 valence electrons. The largest absolute Gasteiger partial charge is 0.228 e. The summed E-state index contributed by atoms with van der Waals surface area (Å²) in [4.78, 5) is 0. The van der Waals surface area contributed by atoms with Gasteiger partial charge >= 0.3 is 0 Å². The van der Waals surface area contributed by atoms with Crippen LogP contribution >= 0.6 is 0 Å². The van der Waals surface area contributed by atoms with E-state index in [0.29, 0.717) is 0 Å². The predicted octanol–water partition coefficient (Wildman–Crippen LogP) is 0.726. The third-order valence-electron chi connectivity index (χ3n) is 2.51. The zero-order valence-corrected chi connectivity index (χ0v) is 6.02. The Morgan fingerprint density at radius 2 is 1.67 bits per heavy atom. The molecule has 2 nitrogen and oxygen atoms in total. The zero-order chi connectivity index (χ0) is 6.48. The average Bonchev–Trinajstić information content (AvgIpc) is 1.89. The zero-order valence-electron chi connectivity index (χ0n) is 5.21. The Labute approximate surface area is 55.2 Å². The number of hydrogen-bond donors (Lipinski definition) is 0. The van der Waals surface area contributed by atoms with Crippen molar-refractivity contribution < 1.29 is 8.42 Å². The quantitative estimate of drug-likeness (QED) is 0.505. The molecule has 3 rings (SSSR count). The molecule has 9 heavy (non-hydrogen) atoms. The molecule has 2 heterocycles. The van der Waals surface area contributed by atoms with Crippen molar-refractivity contribution in [1.29, 1.82) is 0 Å². The fourth-order valence-electron chi connectivity index (χ4n) is 1.85. The molecule has 0 radical (unpaired) electrons. The molecule has 0 aromatic heterocycles. The lowest BCUT2D eigenvalue weighted by molar-refractivity contribution is 0.415. The van der Waals surface area contributed by atoms with Crippen LogP contribution in [0.4, 0.5) is 0 Å². The van der Waals surface area contributed by atoms with E-state index in [4.69, 9.17) is 0 Å². The van der Waals surface area contributed by atoms with Crippen LogP contribution in [0.1, 0.15) is 25.7 Å². The van der Waals surface area contributed by atoms with Crippen LogP contribution < -0.4 is 0 Å². The highest BCUT2D eigenvalue weighted by Gasteiger charge is 2.48. The van der Waals surface area contributed by atoms with Crippen LogP contribution in [-0.4, -0.2) is 18.9 Å². The number of hydrogen-bond acceptors (Lipinski definition) is 2. The van der Waals surface area contributed by atoms with Gasteiger partial charge in [0.25, 0.3) is 0 Å². The van der Waals surface area contributed by atoms with Gasteiger partial charge in [0.05, 0.1) is 10.5 Å². The smallest absolute Gasteiger partial charge is 0.156 e. The van der Waals surface area contributed by atoms with Crippen molar-refractivity contribution >= 4 is 9.84 Å². The highest BCUT2D eigenvalue weighted by molar-refractivity contribution is 7.94. The molecule has 2 unspecified atom stereocenters. The van der Waals surface area contributed by atoms with Crippen LogP contribution in [0, 0.1) is 0 Å². The minimum Gasteiger partial charge on any atom is -0.228 e. The van der Waals surface area contributed by atoms with Gasteiger partial charge in [-0.05, 0) is 19.3 Å². The van der Waals surface area contributed by atoms with Gasteiger partial charge in [0, 0.05) is 0 Å². The van der Waals surface area contributed by atoms with Crippen LogP contribution in [-0.2, 0) is 9.84 Å². The van der Waals surface area contributed by atoms with Crippen LogP contribution in [0.5, 0.6) is 0 Å². The molecule has 3 fully saturated rings. The number of sulfone groups is 1. The first-order chi connectivity index (χ1) is 4.21. The SMILES string of the molecule is O=S1(=O)C2CCCC1C2. The second kappa shape index (κ2) is 1.51. The lowest BCUT2D eigenvalue weighted by atomic mass is 9.98. The van der Waals surface area contributed by atoms with Gasteiger partial charge in [0.15, 0.2) is 9.84 Å². The van der Waals surface area contributed by atoms with E-state index >= 15 is 0 Å². The lowest BCUT2D eigenvalue weighted by Gasteiger charge is -2.40. The summed E-state index contributed by atoms with van der Waals surface area (Å²) in [5, 5.41) is 0.132. The summed E-state index contributed by atoms with van der Waals surface area (Å²) in [6.07, 6.45) is 3.95. The molecule has 1 saturated carbocycles. The van der Waals surface area contributed by atoms with Crippen molar-refractivity contribution in [3.05, 3.63) is 0 Å². The first-order valence-corrected chi connectivity index (χ1v) is 5.05. The van der Waals surface area contributed by atoms with E-state index in [1.165, 1.54) is 0 Å². The van der Waals surface area contributed by atoms with Crippen molar-refractivity contribution in [1.82, 2.24) is 0 Å². The first kappa shape index (κ1) is 5.71. The Morgan fingerprint density at radius 3 is 1.89 bits per heavy atom. The van der Waals surface area contributed by atoms with E-state index in [2.05, 4.69) is 0 Å². The van der Waals surface area contributed by atoms with E-state index in [9.17, 15) is 8.42 Å². The van der Waals surface area contributed by atoms with Gasteiger partial charge in [-0.1, -0.05) is 6.42 Å². The summed E-state index contributed by atoms with van der Waals surface area (Å²) in [5.41, 5.74) is 0. The minimum absolute atomic E-state index is 0.0660. The molecule has 0 spiro atoms. The Morgan fingerprint density at radius 1 is 1.11 bits per heavy atom. The van der Waals surface area contributed by atoms with Crippen molar-refractivity contribution in [3.63, 3.8) is 0 Å². The summed E-state index contributed by atoms with van der Waals surface area (Å²) in [5.74, 6) is 0. The van der Waals surface area contributed by atoms with Gasteiger partial charge < -0.3 is 0 Å². The van der Waals surface area contributed by atoms with Crippen LogP contribution in [0.3, 0.4) is 0 Å². The third kappa shape index (κ3) is 0.584. The molecule has 0 aromatic rings. The second-order valence-corrected chi connectivity index (χ2v) is 5.51. The second-order valence-electron chi connectivity index (χ2n) is 3.00. The van der Waals surface area contributed by atoms with E-state index < -0.39 is 9.84 Å². The maximum atomic E-state index is 11.0. The fraction of sp³-hybridized carbons (Fsp3) is 1.00. The summed E-state index contributed by atoms with van der Waals surface area (Å²) >= 11 is 0. The maximum absolute atomic E-state index is 11.0. The summed E-state index contributed by atoms with van der Waals surface area (Å²) in [6, 6.07) is 0. The molecule has 1 aliphatic carbocycles.